The van der Waals surface area contributed by atoms with Crippen molar-refractivity contribution < 1.29 is 17.9 Å². The summed E-state index contributed by atoms with van der Waals surface area (Å²) in [5.41, 5.74) is 0.0849. The summed E-state index contributed by atoms with van der Waals surface area (Å²) < 4.78 is 31.0. The molecule has 0 heterocycles. The number of ether oxygens (including phenoxy) is 1. The van der Waals surface area contributed by atoms with Gasteiger partial charge in [-0.15, -0.1) is 0 Å². The minimum absolute atomic E-state index is 0.00523. The largest absolute Gasteiger partial charge is 0.469 e. The molecule has 0 aromatic heterocycles. The van der Waals surface area contributed by atoms with Gasteiger partial charge in [-0.2, -0.15) is 9.57 Å². The van der Waals surface area contributed by atoms with Crippen molar-refractivity contribution >= 4 is 16.0 Å². The maximum Gasteiger partial charge on any atom is 0.309 e. The van der Waals surface area contributed by atoms with E-state index in [4.69, 9.17) is 5.26 Å². The average Bonchev–Trinajstić information content (AvgIpc) is 2.50. The molecule has 0 saturated heterocycles. The van der Waals surface area contributed by atoms with E-state index in [9.17, 15) is 13.2 Å². The Hall–Kier alpha value is -1.91. The van der Waals surface area contributed by atoms with Crippen LogP contribution in [-0.2, 0) is 19.6 Å². The Morgan fingerprint density at radius 1 is 1.43 bits per heavy atom. The van der Waals surface area contributed by atoms with Crippen LogP contribution >= 0.6 is 0 Å². The van der Waals surface area contributed by atoms with Gasteiger partial charge >= 0.3 is 5.97 Å². The van der Waals surface area contributed by atoms with Crippen molar-refractivity contribution in [2.24, 2.45) is 5.92 Å². The van der Waals surface area contributed by atoms with Gasteiger partial charge in [0.2, 0.25) is 10.0 Å². The Morgan fingerprint density at radius 2 is 2.05 bits per heavy atom. The molecule has 0 spiro atoms. The summed E-state index contributed by atoms with van der Waals surface area (Å²) in [5, 5.41) is 9.04. The zero-order chi connectivity index (χ0) is 16.0. The summed E-state index contributed by atoms with van der Waals surface area (Å²) >= 11 is 0. The van der Waals surface area contributed by atoms with Crippen molar-refractivity contribution in [2.45, 2.75) is 18.7 Å². The number of hydrogen-bond acceptors (Lipinski definition) is 5. The van der Waals surface area contributed by atoms with Crippen LogP contribution in [-0.4, -0.2) is 38.9 Å². The summed E-state index contributed by atoms with van der Waals surface area (Å²) in [6.07, 6.45) is 0. The molecule has 0 saturated carbocycles. The number of methoxy groups -OCH3 is 1. The van der Waals surface area contributed by atoms with Gasteiger partial charge in [-0.25, -0.2) is 8.42 Å². The number of nitrogens with zero attached hydrogens (tertiary/aromatic N) is 2. The van der Waals surface area contributed by atoms with Crippen LogP contribution in [0, 0.1) is 17.2 Å². The topological polar surface area (TPSA) is 87.5 Å². The van der Waals surface area contributed by atoms with Gasteiger partial charge in [0.25, 0.3) is 0 Å². The standard InChI is InChI=1S/C14H18N2O4S/c1-4-16(10-11(2)14(17)20-3)21(18,19)13-8-6-5-7-12(13)9-15/h5-8,11H,4,10H2,1-3H3/t11-/m1/s1. The van der Waals surface area contributed by atoms with E-state index in [0.717, 1.165) is 0 Å². The van der Waals surface area contributed by atoms with Crippen LogP contribution in [0.2, 0.25) is 0 Å². The highest BCUT2D eigenvalue weighted by atomic mass is 32.2. The quantitative estimate of drug-likeness (QED) is 0.741. The highest BCUT2D eigenvalue weighted by Gasteiger charge is 2.29. The van der Waals surface area contributed by atoms with Crippen LogP contribution in [0.15, 0.2) is 29.2 Å². The highest BCUT2D eigenvalue weighted by molar-refractivity contribution is 7.89. The fraction of sp³-hybridized carbons (Fsp3) is 0.429. The van der Waals surface area contributed by atoms with Gasteiger partial charge in [0.05, 0.1) is 23.5 Å². The molecular formula is C14H18N2O4S. The molecule has 0 aliphatic heterocycles. The second-order valence-corrected chi connectivity index (χ2v) is 6.39. The molecular weight excluding hydrogens is 292 g/mol. The number of hydrogen-bond donors (Lipinski definition) is 0. The highest BCUT2D eigenvalue weighted by Crippen LogP contribution is 2.20. The molecule has 21 heavy (non-hydrogen) atoms. The third-order valence-electron chi connectivity index (χ3n) is 3.06. The zero-order valence-electron chi connectivity index (χ0n) is 12.2. The lowest BCUT2D eigenvalue weighted by atomic mass is 10.2. The fourth-order valence-corrected chi connectivity index (χ4v) is 3.58. The molecule has 0 amide bonds. The minimum Gasteiger partial charge on any atom is -0.469 e. The van der Waals surface area contributed by atoms with E-state index in [1.54, 1.807) is 26.0 Å². The maximum absolute atomic E-state index is 12.6. The van der Waals surface area contributed by atoms with Gasteiger partial charge in [-0.1, -0.05) is 26.0 Å². The molecule has 7 heteroatoms. The normalized spacial score (nSPS) is 12.7. The lowest BCUT2D eigenvalue weighted by Crippen LogP contribution is -2.37. The summed E-state index contributed by atoms with van der Waals surface area (Å²) in [7, 11) is -2.57. The smallest absolute Gasteiger partial charge is 0.309 e. The zero-order valence-corrected chi connectivity index (χ0v) is 13.1. The first-order chi connectivity index (χ1) is 9.88. The van der Waals surface area contributed by atoms with Crippen LogP contribution in [0.5, 0.6) is 0 Å². The van der Waals surface area contributed by atoms with Gasteiger partial charge in [0.15, 0.2) is 0 Å². The van der Waals surface area contributed by atoms with E-state index < -0.39 is 21.9 Å². The summed E-state index contributed by atoms with van der Waals surface area (Å²) in [5.74, 6) is -1.06. The summed E-state index contributed by atoms with van der Waals surface area (Å²) in [6, 6.07) is 7.87. The first-order valence-corrected chi connectivity index (χ1v) is 7.89. The minimum atomic E-state index is -3.83. The molecule has 0 N–H and O–H groups in total. The number of esters is 1. The predicted octanol–water partition coefficient (Wildman–Crippen LogP) is 1.38. The van der Waals surface area contributed by atoms with Crippen LogP contribution < -0.4 is 0 Å². The molecule has 0 aliphatic rings. The number of carbonyl (C=O) groups excluding carboxylic acids is 1. The van der Waals surface area contributed by atoms with Crippen molar-refractivity contribution in [1.29, 1.82) is 5.26 Å². The van der Waals surface area contributed by atoms with Gasteiger partial charge in [-0.3, -0.25) is 4.79 Å². The molecule has 114 valence electrons. The van der Waals surface area contributed by atoms with Crippen LogP contribution in [0.3, 0.4) is 0 Å². The molecule has 0 aliphatic carbocycles. The molecule has 1 aromatic carbocycles. The third kappa shape index (κ3) is 3.80. The van der Waals surface area contributed by atoms with Crippen molar-refractivity contribution in [3.63, 3.8) is 0 Å². The van der Waals surface area contributed by atoms with E-state index in [1.807, 2.05) is 6.07 Å². The van der Waals surface area contributed by atoms with Crippen molar-refractivity contribution in [3.8, 4) is 6.07 Å². The van der Waals surface area contributed by atoms with E-state index >= 15 is 0 Å². The SMILES string of the molecule is CCN(C[C@@H](C)C(=O)OC)S(=O)(=O)c1ccccc1C#N. The van der Waals surface area contributed by atoms with Crippen LogP contribution in [0.25, 0.3) is 0 Å². The number of rotatable bonds is 6. The van der Waals surface area contributed by atoms with Crippen molar-refractivity contribution in [1.82, 2.24) is 4.31 Å². The first-order valence-electron chi connectivity index (χ1n) is 6.45. The number of nitriles is 1. The molecule has 0 fully saturated rings. The molecule has 1 rings (SSSR count). The first kappa shape index (κ1) is 17.1. The molecule has 0 bridgehead atoms. The van der Waals surface area contributed by atoms with E-state index in [0.29, 0.717) is 0 Å². The fourth-order valence-electron chi connectivity index (χ4n) is 1.90. The predicted molar refractivity (Wildman–Crippen MR) is 76.8 cm³/mol. The van der Waals surface area contributed by atoms with E-state index in [2.05, 4.69) is 4.74 Å². The average molecular weight is 310 g/mol. The Labute approximate surface area is 125 Å². The lowest BCUT2D eigenvalue weighted by Gasteiger charge is -2.23. The van der Waals surface area contributed by atoms with Gasteiger partial charge in [0, 0.05) is 13.1 Å². The number of carbonyl (C=O) groups is 1. The molecule has 0 radical (unpaired) electrons. The molecule has 1 aromatic rings. The Kier molecular flexibility index (Phi) is 5.88. The Bertz CT molecular complexity index is 649. The van der Waals surface area contributed by atoms with Crippen LogP contribution in [0.4, 0.5) is 0 Å². The van der Waals surface area contributed by atoms with E-state index in [-0.39, 0.29) is 23.5 Å². The van der Waals surface area contributed by atoms with Crippen molar-refractivity contribution in [3.05, 3.63) is 29.8 Å². The van der Waals surface area contributed by atoms with Crippen LogP contribution in [0.1, 0.15) is 19.4 Å². The Balaban J connectivity index is 3.15. The molecule has 6 nitrogen and oxygen atoms in total. The van der Waals surface area contributed by atoms with Crippen molar-refractivity contribution in [2.75, 3.05) is 20.2 Å². The van der Waals surface area contributed by atoms with Gasteiger partial charge in [-0.05, 0) is 12.1 Å². The molecule has 0 unspecified atom stereocenters. The third-order valence-corrected chi connectivity index (χ3v) is 5.06. The number of sulfonamides is 1. The number of benzene rings is 1. The molecule has 1 atom stereocenters. The van der Waals surface area contributed by atoms with E-state index in [1.165, 1.54) is 23.5 Å². The Morgan fingerprint density at radius 3 is 2.57 bits per heavy atom. The van der Waals surface area contributed by atoms with Gasteiger partial charge < -0.3 is 4.74 Å². The summed E-state index contributed by atoms with van der Waals surface area (Å²) in [4.78, 5) is 11.4. The monoisotopic (exact) mass is 310 g/mol. The van der Waals surface area contributed by atoms with Gasteiger partial charge in [0.1, 0.15) is 6.07 Å². The maximum atomic E-state index is 12.6. The summed E-state index contributed by atoms with van der Waals surface area (Å²) in [6.45, 7) is 3.48. The lowest BCUT2D eigenvalue weighted by molar-refractivity contribution is -0.145. The second-order valence-electron chi connectivity index (χ2n) is 4.49. The second kappa shape index (κ2) is 7.20.